The number of halogens is 1. The molecule has 0 aliphatic rings. The third-order valence-electron chi connectivity index (χ3n) is 1.91. The van der Waals surface area contributed by atoms with Crippen LogP contribution < -0.4 is 10.5 Å². The molecule has 0 saturated heterocycles. The molecule has 0 aliphatic heterocycles. The first-order valence-corrected chi connectivity index (χ1v) is 4.35. The summed E-state index contributed by atoms with van der Waals surface area (Å²) < 4.78 is 18.2. The SMILES string of the molecule is COc1cc(O)c(CC(C)N)c(F)c1. The zero-order chi connectivity index (χ0) is 10.7. The number of benzene rings is 1. The smallest absolute Gasteiger partial charge is 0.133 e. The maximum absolute atomic E-state index is 13.4. The number of nitrogens with two attached hydrogens (primary N) is 1. The van der Waals surface area contributed by atoms with E-state index < -0.39 is 5.82 Å². The normalized spacial score (nSPS) is 12.6. The number of phenolic OH excluding ortho intramolecular Hbond substituents is 1. The van der Waals surface area contributed by atoms with Gasteiger partial charge in [-0.2, -0.15) is 0 Å². The fraction of sp³-hybridized carbons (Fsp3) is 0.400. The number of methoxy groups -OCH3 is 1. The summed E-state index contributed by atoms with van der Waals surface area (Å²) in [7, 11) is 1.42. The molecule has 0 spiro atoms. The largest absolute Gasteiger partial charge is 0.507 e. The van der Waals surface area contributed by atoms with E-state index in [1.165, 1.54) is 19.2 Å². The van der Waals surface area contributed by atoms with Crippen molar-refractivity contribution < 1.29 is 14.2 Å². The van der Waals surface area contributed by atoms with Gasteiger partial charge in [-0.1, -0.05) is 0 Å². The molecule has 0 aromatic heterocycles. The van der Waals surface area contributed by atoms with Gasteiger partial charge in [0.2, 0.25) is 0 Å². The standard InChI is InChI=1S/C10H14FNO2/c1-6(12)3-8-9(11)4-7(14-2)5-10(8)13/h4-6,13H,3,12H2,1-2H3. The Morgan fingerprint density at radius 1 is 1.57 bits per heavy atom. The number of hydrogen-bond acceptors (Lipinski definition) is 3. The molecule has 0 saturated carbocycles. The van der Waals surface area contributed by atoms with Crippen LogP contribution in [0.25, 0.3) is 0 Å². The molecule has 0 fully saturated rings. The van der Waals surface area contributed by atoms with Gasteiger partial charge < -0.3 is 15.6 Å². The highest BCUT2D eigenvalue weighted by Crippen LogP contribution is 2.27. The molecule has 1 atom stereocenters. The van der Waals surface area contributed by atoms with Crippen LogP contribution in [0.2, 0.25) is 0 Å². The first-order chi connectivity index (χ1) is 6.54. The van der Waals surface area contributed by atoms with Gasteiger partial charge in [-0.15, -0.1) is 0 Å². The number of aromatic hydroxyl groups is 1. The lowest BCUT2D eigenvalue weighted by Gasteiger charge is -2.10. The zero-order valence-corrected chi connectivity index (χ0v) is 8.25. The van der Waals surface area contributed by atoms with Crippen LogP contribution in [0.3, 0.4) is 0 Å². The zero-order valence-electron chi connectivity index (χ0n) is 8.25. The highest BCUT2D eigenvalue weighted by Gasteiger charge is 2.12. The molecule has 4 heteroatoms. The minimum absolute atomic E-state index is 0.112. The highest BCUT2D eigenvalue weighted by atomic mass is 19.1. The van der Waals surface area contributed by atoms with Gasteiger partial charge in [0.1, 0.15) is 17.3 Å². The van der Waals surface area contributed by atoms with E-state index in [0.29, 0.717) is 12.2 Å². The Labute approximate surface area is 82.3 Å². The van der Waals surface area contributed by atoms with Crippen LogP contribution in [-0.4, -0.2) is 18.3 Å². The van der Waals surface area contributed by atoms with Crippen LogP contribution in [-0.2, 0) is 6.42 Å². The van der Waals surface area contributed by atoms with Gasteiger partial charge in [0, 0.05) is 23.7 Å². The average Bonchev–Trinajstić information content (AvgIpc) is 2.10. The van der Waals surface area contributed by atoms with E-state index >= 15 is 0 Å². The van der Waals surface area contributed by atoms with Gasteiger partial charge in [-0.3, -0.25) is 0 Å². The lowest BCUT2D eigenvalue weighted by Crippen LogP contribution is -2.18. The number of ether oxygens (including phenoxy) is 1. The Balaban J connectivity index is 3.05. The minimum Gasteiger partial charge on any atom is -0.507 e. The predicted molar refractivity (Wildman–Crippen MR) is 52.0 cm³/mol. The van der Waals surface area contributed by atoms with Gasteiger partial charge in [-0.25, -0.2) is 4.39 Å². The van der Waals surface area contributed by atoms with Gasteiger partial charge >= 0.3 is 0 Å². The maximum Gasteiger partial charge on any atom is 0.133 e. The second kappa shape index (κ2) is 4.28. The molecule has 78 valence electrons. The van der Waals surface area contributed by atoms with E-state index in [2.05, 4.69) is 0 Å². The Hall–Kier alpha value is -1.29. The van der Waals surface area contributed by atoms with Crippen LogP contribution in [0.15, 0.2) is 12.1 Å². The van der Waals surface area contributed by atoms with E-state index in [0.717, 1.165) is 0 Å². The predicted octanol–water partition coefficient (Wildman–Crippen LogP) is 1.43. The average molecular weight is 199 g/mol. The Morgan fingerprint density at radius 3 is 2.64 bits per heavy atom. The van der Waals surface area contributed by atoms with Crippen molar-refractivity contribution >= 4 is 0 Å². The summed E-state index contributed by atoms with van der Waals surface area (Å²) in [5.74, 6) is -0.299. The lowest BCUT2D eigenvalue weighted by atomic mass is 10.1. The van der Waals surface area contributed by atoms with Gasteiger partial charge in [-0.05, 0) is 13.3 Å². The monoisotopic (exact) mass is 199 g/mol. The summed E-state index contributed by atoms with van der Waals surface area (Å²) in [6.07, 6.45) is 0.307. The summed E-state index contributed by atoms with van der Waals surface area (Å²) in [4.78, 5) is 0. The van der Waals surface area contributed by atoms with Crippen molar-refractivity contribution in [1.82, 2.24) is 0 Å². The summed E-state index contributed by atoms with van der Waals surface area (Å²) in [6, 6.07) is 2.42. The Kier molecular flexibility index (Phi) is 3.30. The topological polar surface area (TPSA) is 55.5 Å². The van der Waals surface area contributed by atoms with Crippen molar-refractivity contribution in [2.75, 3.05) is 7.11 Å². The first kappa shape index (κ1) is 10.8. The fourth-order valence-corrected chi connectivity index (χ4v) is 1.24. The molecule has 1 rings (SSSR count). The molecule has 3 N–H and O–H groups in total. The van der Waals surface area contributed by atoms with E-state index in [1.54, 1.807) is 6.92 Å². The summed E-state index contributed by atoms with van der Waals surface area (Å²) in [5.41, 5.74) is 5.76. The van der Waals surface area contributed by atoms with Crippen molar-refractivity contribution in [3.05, 3.63) is 23.5 Å². The Bertz CT molecular complexity index is 303. The fourth-order valence-electron chi connectivity index (χ4n) is 1.24. The highest BCUT2D eigenvalue weighted by molar-refractivity contribution is 5.41. The van der Waals surface area contributed by atoms with Crippen molar-refractivity contribution in [3.8, 4) is 11.5 Å². The number of phenols is 1. The molecular weight excluding hydrogens is 185 g/mol. The Morgan fingerprint density at radius 2 is 2.21 bits per heavy atom. The molecule has 14 heavy (non-hydrogen) atoms. The third-order valence-corrected chi connectivity index (χ3v) is 1.91. The molecule has 0 amide bonds. The van der Waals surface area contributed by atoms with Crippen LogP contribution >= 0.6 is 0 Å². The summed E-state index contributed by atoms with van der Waals surface area (Å²) in [6.45, 7) is 1.75. The second-order valence-corrected chi connectivity index (χ2v) is 3.29. The third kappa shape index (κ3) is 2.35. The van der Waals surface area contributed by atoms with Crippen LogP contribution in [0.4, 0.5) is 4.39 Å². The molecule has 0 bridgehead atoms. The molecule has 1 aromatic rings. The molecule has 0 heterocycles. The van der Waals surface area contributed by atoms with Crippen LogP contribution in [0.1, 0.15) is 12.5 Å². The number of hydrogen-bond donors (Lipinski definition) is 2. The van der Waals surface area contributed by atoms with E-state index in [-0.39, 0.29) is 17.4 Å². The molecule has 0 radical (unpaired) electrons. The number of rotatable bonds is 3. The quantitative estimate of drug-likeness (QED) is 0.774. The van der Waals surface area contributed by atoms with Crippen molar-refractivity contribution in [3.63, 3.8) is 0 Å². The maximum atomic E-state index is 13.4. The van der Waals surface area contributed by atoms with E-state index in [4.69, 9.17) is 10.5 Å². The van der Waals surface area contributed by atoms with Crippen LogP contribution in [0, 0.1) is 5.82 Å². The molecule has 1 aromatic carbocycles. The van der Waals surface area contributed by atoms with Gasteiger partial charge in [0.25, 0.3) is 0 Å². The molecular formula is C10H14FNO2. The van der Waals surface area contributed by atoms with Gasteiger partial charge in [0.05, 0.1) is 7.11 Å². The second-order valence-electron chi connectivity index (χ2n) is 3.29. The van der Waals surface area contributed by atoms with Crippen LogP contribution in [0.5, 0.6) is 11.5 Å². The molecule has 3 nitrogen and oxygen atoms in total. The van der Waals surface area contributed by atoms with Gasteiger partial charge in [0.15, 0.2) is 0 Å². The lowest BCUT2D eigenvalue weighted by molar-refractivity contribution is 0.399. The molecule has 0 aliphatic carbocycles. The summed E-state index contributed by atoms with van der Waals surface area (Å²) in [5, 5.41) is 9.48. The summed E-state index contributed by atoms with van der Waals surface area (Å²) >= 11 is 0. The molecule has 1 unspecified atom stereocenters. The van der Waals surface area contributed by atoms with E-state index in [9.17, 15) is 9.50 Å². The van der Waals surface area contributed by atoms with Crippen molar-refractivity contribution in [1.29, 1.82) is 0 Å². The first-order valence-electron chi connectivity index (χ1n) is 4.35. The van der Waals surface area contributed by atoms with Crippen molar-refractivity contribution in [2.24, 2.45) is 5.73 Å². The van der Waals surface area contributed by atoms with Crippen molar-refractivity contribution in [2.45, 2.75) is 19.4 Å². The minimum atomic E-state index is -0.487. The van der Waals surface area contributed by atoms with E-state index in [1.807, 2.05) is 0 Å².